The van der Waals surface area contributed by atoms with Crippen LogP contribution in [0.25, 0.3) is 0 Å². The molecule has 1 aliphatic carbocycles. The Morgan fingerprint density at radius 2 is 1.79 bits per heavy atom. The van der Waals surface area contributed by atoms with Crippen molar-refractivity contribution in [1.82, 2.24) is 9.97 Å². The predicted octanol–water partition coefficient (Wildman–Crippen LogP) is 4.60. The Morgan fingerprint density at radius 3 is 2.37 bits per heavy atom. The predicted molar refractivity (Wildman–Crippen MR) is 83.4 cm³/mol. The van der Waals surface area contributed by atoms with Crippen molar-refractivity contribution in [2.24, 2.45) is 11.8 Å². The highest BCUT2D eigenvalue weighted by Crippen LogP contribution is 2.30. The normalized spacial score (nSPS) is 27.6. The van der Waals surface area contributed by atoms with Crippen LogP contribution in [-0.2, 0) is 0 Å². The molecule has 0 spiro atoms. The van der Waals surface area contributed by atoms with Crippen LogP contribution >= 0.6 is 15.9 Å². The van der Waals surface area contributed by atoms with Gasteiger partial charge >= 0.3 is 0 Å². The van der Waals surface area contributed by atoms with Gasteiger partial charge in [0.25, 0.3) is 0 Å². The lowest BCUT2D eigenvalue weighted by molar-refractivity contribution is 0.280. The first-order valence-corrected chi connectivity index (χ1v) is 8.04. The second kappa shape index (κ2) is 6.21. The van der Waals surface area contributed by atoms with Crippen LogP contribution in [0, 0.1) is 11.8 Å². The maximum Gasteiger partial charge on any atom is 0.134 e. The van der Waals surface area contributed by atoms with Gasteiger partial charge in [-0.3, -0.25) is 0 Å². The van der Waals surface area contributed by atoms with E-state index in [0.717, 1.165) is 28.1 Å². The summed E-state index contributed by atoms with van der Waals surface area (Å²) in [6.45, 7) is 8.94. The summed E-state index contributed by atoms with van der Waals surface area (Å²) >= 11 is 3.48. The molecule has 2 atom stereocenters. The number of hydrogen-bond donors (Lipinski definition) is 1. The summed E-state index contributed by atoms with van der Waals surface area (Å²) in [5.74, 6) is 3.81. The highest BCUT2D eigenvalue weighted by molar-refractivity contribution is 9.10. The van der Waals surface area contributed by atoms with E-state index in [4.69, 9.17) is 0 Å². The molecule has 1 heterocycles. The molecule has 0 bridgehead atoms. The van der Waals surface area contributed by atoms with Crippen molar-refractivity contribution >= 4 is 21.7 Å². The number of nitrogens with zero attached hydrogens (tertiary/aromatic N) is 2. The van der Waals surface area contributed by atoms with Gasteiger partial charge in [0.2, 0.25) is 0 Å². The maximum atomic E-state index is 4.63. The van der Waals surface area contributed by atoms with Crippen LogP contribution in [-0.4, -0.2) is 16.0 Å². The van der Waals surface area contributed by atoms with E-state index in [0.29, 0.717) is 12.0 Å². The molecule has 0 amide bonds. The van der Waals surface area contributed by atoms with Crippen molar-refractivity contribution in [1.29, 1.82) is 0 Å². The minimum atomic E-state index is 0.349. The number of nitrogens with one attached hydrogen (secondary N) is 1. The summed E-state index contributed by atoms with van der Waals surface area (Å²) in [5, 5.41) is 3.60. The zero-order valence-corrected chi connectivity index (χ0v) is 13.9. The molecule has 106 valence electrons. The molecule has 0 radical (unpaired) electrons. The summed E-state index contributed by atoms with van der Waals surface area (Å²) in [5.41, 5.74) is 0. The fourth-order valence-electron chi connectivity index (χ4n) is 3.04. The van der Waals surface area contributed by atoms with Crippen molar-refractivity contribution in [3.63, 3.8) is 0 Å². The van der Waals surface area contributed by atoms with Gasteiger partial charge < -0.3 is 5.32 Å². The number of halogens is 1. The molecule has 1 saturated carbocycles. The van der Waals surface area contributed by atoms with Gasteiger partial charge in [0.15, 0.2) is 0 Å². The minimum absolute atomic E-state index is 0.349. The lowest BCUT2D eigenvalue weighted by Gasteiger charge is -2.32. The van der Waals surface area contributed by atoms with E-state index in [-0.39, 0.29) is 0 Å². The van der Waals surface area contributed by atoms with Crippen molar-refractivity contribution in [2.75, 3.05) is 5.32 Å². The molecule has 2 unspecified atom stereocenters. The smallest absolute Gasteiger partial charge is 0.134 e. The molecule has 2 rings (SSSR count). The highest BCUT2D eigenvalue weighted by Gasteiger charge is 2.24. The Morgan fingerprint density at radius 1 is 1.16 bits per heavy atom. The first-order chi connectivity index (χ1) is 8.94. The third-order valence-corrected chi connectivity index (χ3v) is 4.17. The van der Waals surface area contributed by atoms with Crippen LogP contribution < -0.4 is 5.32 Å². The lowest BCUT2D eigenvalue weighted by Crippen LogP contribution is -2.30. The zero-order valence-electron chi connectivity index (χ0n) is 12.3. The van der Waals surface area contributed by atoms with Crippen molar-refractivity contribution in [3.8, 4) is 0 Å². The van der Waals surface area contributed by atoms with Crippen molar-refractivity contribution in [3.05, 3.63) is 16.5 Å². The third kappa shape index (κ3) is 4.16. The number of anilines is 1. The van der Waals surface area contributed by atoms with Crippen LogP contribution in [0.4, 0.5) is 5.82 Å². The summed E-state index contributed by atoms with van der Waals surface area (Å²) in [7, 11) is 0. The molecule has 1 N–H and O–H groups in total. The van der Waals surface area contributed by atoms with Gasteiger partial charge in [-0.25, -0.2) is 9.97 Å². The summed E-state index contributed by atoms with van der Waals surface area (Å²) in [6.07, 6.45) is 3.83. The average molecular weight is 326 g/mol. The van der Waals surface area contributed by atoms with Gasteiger partial charge in [-0.2, -0.15) is 0 Å². The molecule has 3 nitrogen and oxygen atoms in total. The average Bonchev–Trinajstić information content (AvgIpc) is 2.26. The number of aromatic nitrogens is 2. The van der Waals surface area contributed by atoms with E-state index in [1.807, 2.05) is 6.07 Å². The van der Waals surface area contributed by atoms with E-state index < -0.39 is 0 Å². The minimum Gasteiger partial charge on any atom is -0.367 e. The summed E-state index contributed by atoms with van der Waals surface area (Å²) < 4.78 is 0.866. The summed E-state index contributed by atoms with van der Waals surface area (Å²) in [4.78, 5) is 9.05. The van der Waals surface area contributed by atoms with Crippen molar-refractivity contribution in [2.45, 2.75) is 58.9 Å². The molecular formula is C15H24BrN3. The molecule has 4 heteroatoms. The van der Waals surface area contributed by atoms with Gasteiger partial charge in [0, 0.05) is 18.0 Å². The van der Waals surface area contributed by atoms with Gasteiger partial charge in [0.1, 0.15) is 16.2 Å². The van der Waals surface area contributed by atoms with E-state index in [1.54, 1.807) is 0 Å². The van der Waals surface area contributed by atoms with Crippen LogP contribution in [0.15, 0.2) is 10.7 Å². The second-order valence-corrected chi connectivity index (χ2v) is 7.16. The zero-order chi connectivity index (χ0) is 14.0. The van der Waals surface area contributed by atoms with Crippen LogP contribution in [0.2, 0.25) is 0 Å². The van der Waals surface area contributed by atoms with Gasteiger partial charge in [-0.1, -0.05) is 27.7 Å². The van der Waals surface area contributed by atoms with E-state index in [9.17, 15) is 0 Å². The first kappa shape index (κ1) is 14.8. The molecule has 1 aromatic rings. The number of rotatable bonds is 3. The van der Waals surface area contributed by atoms with E-state index in [2.05, 4.69) is 58.9 Å². The molecule has 1 aliphatic rings. The highest BCUT2D eigenvalue weighted by atomic mass is 79.9. The van der Waals surface area contributed by atoms with Crippen LogP contribution in [0.5, 0.6) is 0 Å². The monoisotopic (exact) mass is 325 g/mol. The SMILES string of the molecule is CC1CC(C)CC(Nc2cc(Br)nc(C(C)C)n2)C1. The molecule has 0 aliphatic heterocycles. The Balaban J connectivity index is 2.10. The van der Waals surface area contributed by atoms with Gasteiger partial charge in [-0.05, 0) is 47.0 Å². The lowest BCUT2D eigenvalue weighted by atomic mass is 9.80. The standard InChI is InChI=1S/C15H24BrN3/c1-9(2)15-18-13(16)8-14(19-15)17-12-6-10(3)5-11(4)7-12/h8-12H,5-7H2,1-4H3,(H,17,18,19). The molecular weight excluding hydrogens is 302 g/mol. The van der Waals surface area contributed by atoms with Crippen LogP contribution in [0.1, 0.15) is 58.7 Å². The third-order valence-electron chi connectivity index (χ3n) is 3.76. The quantitative estimate of drug-likeness (QED) is 0.825. The fourth-order valence-corrected chi connectivity index (χ4v) is 3.44. The topological polar surface area (TPSA) is 37.8 Å². The van der Waals surface area contributed by atoms with Crippen molar-refractivity contribution < 1.29 is 0 Å². The van der Waals surface area contributed by atoms with Gasteiger partial charge in [0.05, 0.1) is 0 Å². The fraction of sp³-hybridized carbons (Fsp3) is 0.733. The van der Waals surface area contributed by atoms with E-state index >= 15 is 0 Å². The Kier molecular flexibility index (Phi) is 4.82. The molecule has 19 heavy (non-hydrogen) atoms. The first-order valence-electron chi connectivity index (χ1n) is 7.25. The summed E-state index contributed by atoms with van der Waals surface area (Å²) in [6, 6.07) is 2.52. The Hall–Kier alpha value is -0.640. The molecule has 1 fully saturated rings. The maximum absolute atomic E-state index is 4.63. The Bertz CT molecular complexity index is 423. The molecule has 0 saturated heterocycles. The van der Waals surface area contributed by atoms with Gasteiger partial charge in [-0.15, -0.1) is 0 Å². The number of hydrogen-bond acceptors (Lipinski definition) is 3. The second-order valence-electron chi connectivity index (χ2n) is 6.35. The molecule has 0 aromatic carbocycles. The largest absolute Gasteiger partial charge is 0.367 e. The molecule has 1 aromatic heterocycles. The van der Waals surface area contributed by atoms with E-state index in [1.165, 1.54) is 19.3 Å². The Labute approximate surface area is 124 Å². The van der Waals surface area contributed by atoms with Crippen LogP contribution in [0.3, 0.4) is 0 Å².